The molecule has 0 saturated carbocycles. The molecule has 2 heteroatoms. The molecule has 0 bridgehead atoms. The second-order valence-electron chi connectivity index (χ2n) is 4.52. The van der Waals surface area contributed by atoms with Gasteiger partial charge >= 0.3 is 5.97 Å². The summed E-state index contributed by atoms with van der Waals surface area (Å²) in [5.74, 6) is -0.781. The molecule has 0 spiro atoms. The summed E-state index contributed by atoms with van der Waals surface area (Å²) in [7, 11) is 0. The summed E-state index contributed by atoms with van der Waals surface area (Å²) in [5.41, 5.74) is 2.12. The molecule has 76 valence electrons. The van der Waals surface area contributed by atoms with Crippen LogP contribution < -0.4 is 0 Å². The zero-order valence-corrected chi connectivity index (χ0v) is 8.87. The number of aliphatic carboxylic acids is 1. The van der Waals surface area contributed by atoms with E-state index in [0.717, 1.165) is 5.56 Å². The van der Waals surface area contributed by atoms with Crippen LogP contribution in [0.2, 0.25) is 0 Å². The number of hydrogen-bond donors (Lipinski definition) is 1. The molecule has 1 aromatic carbocycles. The van der Waals surface area contributed by atoms with Crippen LogP contribution in [0.1, 0.15) is 31.9 Å². The van der Waals surface area contributed by atoms with Crippen LogP contribution in [0.15, 0.2) is 24.3 Å². The third-order valence-electron chi connectivity index (χ3n) is 2.15. The molecule has 0 aliphatic carbocycles. The summed E-state index contributed by atoms with van der Waals surface area (Å²) in [5, 5.41) is 8.66. The van der Waals surface area contributed by atoms with Gasteiger partial charge in [0.1, 0.15) is 0 Å². The molecular formula is C12H16O2. The molecule has 0 aliphatic heterocycles. The first-order valence-electron chi connectivity index (χ1n) is 4.71. The van der Waals surface area contributed by atoms with Gasteiger partial charge in [0.15, 0.2) is 0 Å². The van der Waals surface area contributed by atoms with Crippen molar-refractivity contribution in [1.29, 1.82) is 0 Å². The minimum absolute atomic E-state index is 0.0779. The van der Waals surface area contributed by atoms with Gasteiger partial charge in [-0.3, -0.25) is 4.79 Å². The van der Waals surface area contributed by atoms with E-state index in [2.05, 4.69) is 20.8 Å². The highest BCUT2D eigenvalue weighted by Crippen LogP contribution is 2.22. The van der Waals surface area contributed by atoms with Crippen molar-refractivity contribution >= 4 is 5.97 Å². The lowest BCUT2D eigenvalue weighted by atomic mass is 9.86. The molecule has 0 fully saturated rings. The van der Waals surface area contributed by atoms with E-state index in [0.29, 0.717) is 0 Å². The van der Waals surface area contributed by atoms with E-state index < -0.39 is 5.97 Å². The molecule has 0 radical (unpaired) electrons. The van der Waals surface area contributed by atoms with E-state index in [1.165, 1.54) is 5.56 Å². The molecule has 1 rings (SSSR count). The van der Waals surface area contributed by atoms with Crippen molar-refractivity contribution in [3.63, 3.8) is 0 Å². The Morgan fingerprint density at radius 1 is 1.36 bits per heavy atom. The predicted molar refractivity (Wildman–Crippen MR) is 56.5 cm³/mol. The summed E-state index contributed by atoms with van der Waals surface area (Å²) in [6, 6.07) is 7.77. The first-order chi connectivity index (χ1) is 6.39. The first kappa shape index (κ1) is 10.8. The first-order valence-corrected chi connectivity index (χ1v) is 4.71. The molecule has 0 aromatic heterocycles. The topological polar surface area (TPSA) is 37.3 Å². The fourth-order valence-corrected chi connectivity index (χ4v) is 1.32. The Hall–Kier alpha value is -1.31. The summed E-state index contributed by atoms with van der Waals surface area (Å²) >= 11 is 0. The largest absolute Gasteiger partial charge is 0.481 e. The van der Waals surface area contributed by atoms with Crippen LogP contribution in [0.5, 0.6) is 0 Å². The molecule has 14 heavy (non-hydrogen) atoms. The van der Waals surface area contributed by atoms with Gasteiger partial charge in [0.25, 0.3) is 0 Å². The maximum atomic E-state index is 10.5. The van der Waals surface area contributed by atoms with Gasteiger partial charge in [-0.1, -0.05) is 45.0 Å². The van der Waals surface area contributed by atoms with Gasteiger partial charge in [-0.2, -0.15) is 0 Å². The van der Waals surface area contributed by atoms with Crippen molar-refractivity contribution in [2.45, 2.75) is 32.6 Å². The van der Waals surface area contributed by atoms with E-state index in [-0.39, 0.29) is 11.8 Å². The zero-order chi connectivity index (χ0) is 10.8. The Bertz CT molecular complexity index is 334. The quantitative estimate of drug-likeness (QED) is 0.782. The highest BCUT2D eigenvalue weighted by atomic mass is 16.4. The van der Waals surface area contributed by atoms with Crippen molar-refractivity contribution in [3.8, 4) is 0 Å². The summed E-state index contributed by atoms with van der Waals surface area (Å²) < 4.78 is 0. The Labute approximate surface area is 84.6 Å². The minimum Gasteiger partial charge on any atom is -0.481 e. The number of benzene rings is 1. The molecule has 0 unspecified atom stereocenters. The standard InChI is InChI=1S/C12H16O2/c1-12(2,3)10-6-4-5-9(7-10)8-11(13)14/h4-7H,8H2,1-3H3,(H,13,14). The average molecular weight is 192 g/mol. The van der Waals surface area contributed by atoms with Crippen molar-refractivity contribution < 1.29 is 9.90 Å². The van der Waals surface area contributed by atoms with Gasteiger partial charge in [0, 0.05) is 0 Å². The van der Waals surface area contributed by atoms with Crippen LogP contribution in [0, 0.1) is 0 Å². The van der Waals surface area contributed by atoms with Crippen LogP contribution in [0.25, 0.3) is 0 Å². The highest BCUT2D eigenvalue weighted by Gasteiger charge is 2.13. The van der Waals surface area contributed by atoms with Gasteiger partial charge in [-0.15, -0.1) is 0 Å². The van der Waals surface area contributed by atoms with Crippen molar-refractivity contribution in [1.82, 2.24) is 0 Å². The number of carboxylic acids is 1. The monoisotopic (exact) mass is 192 g/mol. The molecule has 2 nitrogen and oxygen atoms in total. The second-order valence-corrected chi connectivity index (χ2v) is 4.52. The van der Waals surface area contributed by atoms with E-state index in [9.17, 15) is 4.79 Å². The van der Waals surface area contributed by atoms with Crippen LogP contribution in [-0.4, -0.2) is 11.1 Å². The molecule has 0 aliphatic rings. The third kappa shape index (κ3) is 2.87. The summed E-state index contributed by atoms with van der Waals surface area (Å²) in [4.78, 5) is 10.5. The van der Waals surface area contributed by atoms with Crippen molar-refractivity contribution in [3.05, 3.63) is 35.4 Å². The maximum Gasteiger partial charge on any atom is 0.307 e. The second kappa shape index (κ2) is 3.82. The third-order valence-corrected chi connectivity index (χ3v) is 2.15. The molecule has 0 amide bonds. The van der Waals surface area contributed by atoms with Gasteiger partial charge < -0.3 is 5.11 Å². The SMILES string of the molecule is CC(C)(C)c1cccc(CC(=O)O)c1. The Balaban J connectivity index is 2.95. The lowest BCUT2D eigenvalue weighted by molar-refractivity contribution is -0.136. The fraction of sp³-hybridized carbons (Fsp3) is 0.417. The minimum atomic E-state index is -0.781. The van der Waals surface area contributed by atoms with Gasteiger partial charge in [0.05, 0.1) is 6.42 Å². The molecule has 0 saturated heterocycles. The maximum absolute atomic E-state index is 10.5. The number of carboxylic acid groups (broad SMARTS) is 1. The van der Waals surface area contributed by atoms with Gasteiger partial charge in [-0.05, 0) is 16.5 Å². The summed E-state index contributed by atoms with van der Waals surface area (Å²) in [6.07, 6.45) is 0.101. The lowest BCUT2D eigenvalue weighted by Gasteiger charge is -2.19. The van der Waals surface area contributed by atoms with E-state index in [1.807, 2.05) is 24.3 Å². The normalized spacial score (nSPS) is 11.4. The smallest absolute Gasteiger partial charge is 0.307 e. The van der Waals surface area contributed by atoms with Crippen molar-refractivity contribution in [2.24, 2.45) is 0 Å². The van der Waals surface area contributed by atoms with Crippen LogP contribution in [-0.2, 0) is 16.6 Å². The average Bonchev–Trinajstić information content (AvgIpc) is 2.01. The lowest BCUT2D eigenvalue weighted by Crippen LogP contribution is -2.11. The zero-order valence-electron chi connectivity index (χ0n) is 8.87. The van der Waals surface area contributed by atoms with Gasteiger partial charge in [0.2, 0.25) is 0 Å². The summed E-state index contributed by atoms with van der Waals surface area (Å²) in [6.45, 7) is 6.35. The molecule has 0 atom stereocenters. The van der Waals surface area contributed by atoms with Gasteiger partial charge in [-0.25, -0.2) is 0 Å². The Morgan fingerprint density at radius 2 is 2.00 bits per heavy atom. The van der Waals surface area contributed by atoms with Crippen molar-refractivity contribution in [2.75, 3.05) is 0 Å². The van der Waals surface area contributed by atoms with Crippen LogP contribution in [0.4, 0.5) is 0 Å². The number of hydrogen-bond acceptors (Lipinski definition) is 1. The predicted octanol–water partition coefficient (Wildman–Crippen LogP) is 2.61. The molecule has 1 N–H and O–H groups in total. The fourth-order valence-electron chi connectivity index (χ4n) is 1.32. The number of rotatable bonds is 2. The molecular weight excluding hydrogens is 176 g/mol. The van der Waals surface area contributed by atoms with Crippen LogP contribution >= 0.6 is 0 Å². The highest BCUT2D eigenvalue weighted by molar-refractivity contribution is 5.70. The Morgan fingerprint density at radius 3 is 2.50 bits per heavy atom. The molecule has 1 aromatic rings. The van der Waals surface area contributed by atoms with E-state index in [1.54, 1.807) is 0 Å². The van der Waals surface area contributed by atoms with E-state index in [4.69, 9.17) is 5.11 Å². The van der Waals surface area contributed by atoms with Crippen LogP contribution in [0.3, 0.4) is 0 Å². The molecule has 0 heterocycles. The Kier molecular flexibility index (Phi) is 2.94. The van der Waals surface area contributed by atoms with E-state index >= 15 is 0 Å². The number of carbonyl (C=O) groups is 1.